The SMILES string of the molecule is C[N+](C)(CCCO)CC(O)CO. The Balaban J connectivity index is 3.69. The van der Waals surface area contributed by atoms with Crippen LogP contribution >= 0.6 is 0 Å². The summed E-state index contributed by atoms with van der Waals surface area (Å²) >= 11 is 0. The van der Waals surface area contributed by atoms with Crippen molar-refractivity contribution in [3.63, 3.8) is 0 Å². The lowest BCUT2D eigenvalue weighted by Gasteiger charge is -2.31. The molecule has 0 aliphatic heterocycles. The van der Waals surface area contributed by atoms with E-state index in [9.17, 15) is 0 Å². The van der Waals surface area contributed by atoms with Crippen LogP contribution in [0.15, 0.2) is 0 Å². The molecule has 1 atom stereocenters. The molecule has 0 aliphatic carbocycles. The molecule has 0 aromatic rings. The molecule has 0 saturated carbocycles. The molecule has 3 N–H and O–H groups in total. The molecule has 0 fully saturated rings. The smallest absolute Gasteiger partial charge is 0.126 e. The molecule has 0 aliphatic rings. The van der Waals surface area contributed by atoms with Crippen molar-refractivity contribution in [2.24, 2.45) is 0 Å². The van der Waals surface area contributed by atoms with Crippen LogP contribution in [0.25, 0.3) is 0 Å². The molecule has 0 heterocycles. The van der Waals surface area contributed by atoms with Gasteiger partial charge in [0.1, 0.15) is 12.6 Å². The lowest BCUT2D eigenvalue weighted by atomic mass is 10.3. The fourth-order valence-electron chi connectivity index (χ4n) is 1.22. The van der Waals surface area contributed by atoms with Crippen LogP contribution < -0.4 is 0 Å². The van der Waals surface area contributed by atoms with Gasteiger partial charge in [0.05, 0.1) is 27.2 Å². The molecule has 0 radical (unpaired) electrons. The molecule has 0 rings (SSSR count). The van der Waals surface area contributed by atoms with Gasteiger partial charge >= 0.3 is 0 Å². The molecule has 0 amide bonds. The normalized spacial score (nSPS) is 14.8. The molecule has 12 heavy (non-hydrogen) atoms. The van der Waals surface area contributed by atoms with Gasteiger partial charge in [-0.2, -0.15) is 0 Å². The van der Waals surface area contributed by atoms with E-state index in [2.05, 4.69) is 0 Å². The van der Waals surface area contributed by atoms with E-state index in [1.807, 2.05) is 14.1 Å². The average molecular weight is 178 g/mol. The third-order valence-corrected chi connectivity index (χ3v) is 1.84. The Morgan fingerprint density at radius 2 is 1.83 bits per heavy atom. The number of hydrogen-bond donors (Lipinski definition) is 3. The predicted octanol–water partition coefficient (Wildman–Crippen LogP) is -1.20. The van der Waals surface area contributed by atoms with E-state index in [0.29, 0.717) is 11.0 Å². The van der Waals surface area contributed by atoms with Crippen molar-refractivity contribution in [2.75, 3.05) is 40.4 Å². The van der Waals surface area contributed by atoms with Crippen molar-refractivity contribution in [1.82, 2.24) is 0 Å². The van der Waals surface area contributed by atoms with Crippen molar-refractivity contribution in [2.45, 2.75) is 12.5 Å². The Kier molecular flexibility index (Phi) is 5.41. The van der Waals surface area contributed by atoms with Crippen molar-refractivity contribution < 1.29 is 19.8 Å². The summed E-state index contributed by atoms with van der Waals surface area (Å²) in [6, 6.07) is 0. The fraction of sp³-hybridized carbons (Fsp3) is 1.00. The van der Waals surface area contributed by atoms with E-state index < -0.39 is 6.10 Å². The van der Waals surface area contributed by atoms with Crippen LogP contribution in [0.4, 0.5) is 0 Å². The monoisotopic (exact) mass is 178 g/mol. The van der Waals surface area contributed by atoms with Crippen LogP contribution in [-0.2, 0) is 0 Å². The maximum absolute atomic E-state index is 9.16. The standard InChI is InChI=1S/C8H20NO3/c1-9(2,4-3-5-10)6-8(12)7-11/h8,10-12H,3-7H2,1-2H3/q+1. The van der Waals surface area contributed by atoms with Gasteiger partial charge in [-0.1, -0.05) is 0 Å². The summed E-state index contributed by atoms with van der Waals surface area (Å²) in [5.41, 5.74) is 0. The summed E-state index contributed by atoms with van der Waals surface area (Å²) < 4.78 is 0.627. The van der Waals surface area contributed by atoms with Gasteiger partial charge in [0.15, 0.2) is 0 Å². The summed E-state index contributed by atoms with van der Waals surface area (Å²) in [6.07, 6.45) is 0.0733. The van der Waals surface area contributed by atoms with Crippen molar-refractivity contribution in [3.8, 4) is 0 Å². The second-order valence-electron chi connectivity index (χ2n) is 3.76. The Hall–Kier alpha value is -0.160. The lowest BCUT2D eigenvalue weighted by molar-refractivity contribution is -0.893. The summed E-state index contributed by atoms with van der Waals surface area (Å²) in [7, 11) is 3.93. The molecule has 0 spiro atoms. The topological polar surface area (TPSA) is 60.7 Å². The van der Waals surface area contributed by atoms with E-state index in [4.69, 9.17) is 15.3 Å². The molecule has 0 aromatic heterocycles. The van der Waals surface area contributed by atoms with Gasteiger partial charge in [0.2, 0.25) is 0 Å². The van der Waals surface area contributed by atoms with Crippen LogP contribution in [0.2, 0.25) is 0 Å². The van der Waals surface area contributed by atoms with Gasteiger partial charge in [-0.25, -0.2) is 0 Å². The number of nitrogens with zero attached hydrogens (tertiary/aromatic N) is 1. The largest absolute Gasteiger partial charge is 0.396 e. The average Bonchev–Trinajstić information content (AvgIpc) is 2.00. The third kappa shape index (κ3) is 5.49. The first kappa shape index (κ1) is 11.8. The van der Waals surface area contributed by atoms with Crippen LogP contribution in [0.5, 0.6) is 0 Å². The minimum atomic E-state index is -0.654. The van der Waals surface area contributed by atoms with Gasteiger partial charge in [0, 0.05) is 13.0 Å². The van der Waals surface area contributed by atoms with Crippen molar-refractivity contribution in [3.05, 3.63) is 0 Å². The fourth-order valence-corrected chi connectivity index (χ4v) is 1.22. The van der Waals surface area contributed by atoms with Gasteiger partial charge < -0.3 is 19.8 Å². The maximum atomic E-state index is 9.16. The van der Waals surface area contributed by atoms with E-state index in [0.717, 1.165) is 13.0 Å². The Labute approximate surface area is 73.6 Å². The van der Waals surface area contributed by atoms with E-state index in [1.165, 1.54) is 0 Å². The minimum absolute atomic E-state index is 0.177. The molecule has 4 nitrogen and oxygen atoms in total. The highest BCUT2D eigenvalue weighted by molar-refractivity contribution is 4.49. The number of quaternary nitrogens is 1. The van der Waals surface area contributed by atoms with Crippen LogP contribution in [0.1, 0.15) is 6.42 Å². The van der Waals surface area contributed by atoms with Gasteiger partial charge in [-0.3, -0.25) is 0 Å². The molecular weight excluding hydrogens is 158 g/mol. The molecule has 0 saturated heterocycles. The first-order valence-electron chi connectivity index (χ1n) is 4.23. The summed E-state index contributed by atoms with van der Waals surface area (Å²) in [5.74, 6) is 0. The third-order valence-electron chi connectivity index (χ3n) is 1.84. The van der Waals surface area contributed by atoms with E-state index >= 15 is 0 Å². The van der Waals surface area contributed by atoms with Gasteiger partial charge in [0.25, 0.3) is 0 Å². The first-order chi connectivity index (χ1) is 5.52. The van der Waals surface area contributed by atoms with E-state index in [1.54, 1.807) is 0 Å². The highest BCUT2D eigenvalue weighted by Gasteiger charge is 2.18. The minimum Gasteiger partial charge on any atom is -0.396 e. The van der Waals surface area contributed by atoms with E-state index in [-0.39, 0.29) is 13.2 Å². The Morgan fingerprint density at radius 3 is 2.25 bits per heavy atom. The summed E-state index contributed by atoms with van der Waals surface area (Å²) in [6.45, 7) is 1.32. The zero-order chi connectivity index (χ0) is 9.61. The quantitative estimate of drug-likeness (QED) is 0.448. The number of hydrogen-bond acceptors (Lipinski definition) is 3. The zero-order valence-electron chi connectivity index (χ0n) is 7.90. The Bertz CT molecular complexity index is 117. The summed E-state index contributed by atoms with van der Waals surface area (Å²) in [4.78, 5) is 0. The first-order valence-corrected chi connectivity index (χ1v) is 4.23. The van der Waals surface area contributed by atoms with Crippen LogP contribution in [-0.4, -0.2) is 66.3 Å². The second-order valence-corrected chi connectivity index (χ2v) is 3.76. The molecule has 0 bridgehead atoms. The van der Waals surface area contributed by atoms with Crippen LogP contribution in [0.3, 0.4) is 0 Å². The summed E-state index contributed by atoms with van der Waals surface area (Å²) in [5, 5.41) is 26.4. The lowest BCUT2D eigenvalue weighted by Crippen LogP contribution is -2.47. The highest BCUT2D eigenvalue weighted by Crippen LogP contribution is 2.01. The number of aliphatic hydroxyl groups excluding tert-OH is 3. The number of aliphatic hydroxyl groups is 3. The predicted molar refractivity (Wildman–Crippen MR) is 46.6 cm³/mol. The molecule has 0 aromatic carbocycles. The highest BCUT2D eigenvalue weighted by atomic mass is 16.3. The van der Waals surface area contributed by atoms with Crippen molar-refractivity contribution in [1.29, 1.82) is 0 Å². The maximum Gasteiger partial charge on any atom is 0.126 e. The number of likely N-dealkylation sites (N-methyl/N-ethyl adjacent to an activating group) is 1. The zero-order valence-corrected chi connectivity index (χ0v) is 7.90. The molecule has 4 heteroatoms. The molecule has 74 valence electrons. The molecule has 1 unspecified atom stereocenters. The molecular formula is C8H20NO3+. The Morgan fingerprint density at radius 1 is 1.25 bits per heavy atom. The van der Waals surface area contributed by atoms with Crippen LogP contribution in [0, 0.1) is 0 Å². The van der Waals surface area contributed by atoms with Gasteiger partial charge in [-0.05, 0) is 0 Å². The number of rotatable bonds is 6. The second kappa shape index (κ2) is 5.48. The van der Waals surface area contributed by atoms with Gasteiger partial charge in [-0.15, -0.1) is 0 Å². The van der Waals surface area contributed by atoms with Crippen molar-refractivity contribution >= 4 is 0 Å².